The summed E-state index contributed by atoms with van der Waals surface area (Å²) >= 11 is 1.36. The van der Waals surface area contributed by atoms with Crippen LogP contribution in [0.15, 0.2) is 109 Å². The van der Waals surface area contributed by atoms with Crippen LogP contribution in [0.5, 0.6) is 0 Å². The fourth-order valence-electron chi connectivity index (χ4n) is 8.52. The molecule has 0 amide bonds. The summed E-state index contributed by atoms with van der Waals surface area (Å²) in [6, 6.07) is 41.4. The van der Waals surface area contributed by atoms with Crippen LogP contribution in [0.2, 0.25) is 0 Å². The zero-order valence-electron chi connectivity index (χ0n) is 33.6. The number of hydrogen-bond donors (Lipinski definition) is 0. The van der Waals surface area contributed by atoms with Gasteiger partial charge in [0.1, 0.15) is 0 Å². The number of halogens is 2. The molecule has 0 spiro atoms. The average molecular weight is 853 g/mol. The summed E-state index contributed by atoms with van der Waals surface area (Å²) in [7, 11) is 0. The van der Waals surface area contributed by atoms with E-state index in [4.69, 9.17) is 0 Å². The van der Waals surface area contributed by atoms with E-state index in [0.29, 0.717) is 11.8 Å². The van der Waals surface area contributed by atoms with Crippen LogP contribution < -0.4 is 0 Å². The summed E-state index contributed by atoms with van der Waals surface area (Å²) in [5.74, 6) is 3.00. The van der Waals surface area contributed by atoms with Crippen LogP contribution in [0.25, 0.3) is 43.8 Å². The Kier molecular flexibility index (Phi) is 20.5. The van der Waals surface area contributed by atoms with Crippen LogP contribution in [-0.2, 0) is 36.2 Å². The van der Waals surface area contributed by atoms with Gasteiger partial charge >= 0.3 is 30.2 Å². The Balaban J connectivity index is 0.000000334. The van der Waals surface area contributed by atoms with Crippen LogP contribution in [-0.4, -0.2) is 6.88 Å². The molecule has 2 saturated carbocycles. The fraction of sp³-hybridized carbons (Fsp3) is 0.360. The van der Waals surface area contributed by atoms with Gasteiger partial charge in [0.2, 0.25) is 0 Å². The predicted octanol–water partition coefficient (Wildman–Crippen LogP) is 15.5. The summed E-state index contributed by atoms with van der Waals surface area (Å²) < 4.78 is 0. The first kappa shape index (κ1) is 47.9. The van der Waals surface area contributed by atoms with E-state index in [2.05, 4.69) is 144 Å². The summed E-state index contributed by atoms with van der Waals surface area (Å²) in [6.45, 7) is 12.1. The first-order chi connectivity index (χ1) is 24.4. The third-order valence-corrected chi connectivity index (χ3v) is 11.4. The Morgan fingerprint density at radius 2 is 0.870 bits per heavy atom. The van der Waals surface area contributed by atoms with E-state index in [-0.39, 0.29) is 39.7 Å². The van der Waals surface area contributed by atoms with E-state index >= 15 is 0 Å². The van der Waals surface area contributed by atoms with Crippen molar-refractivity contribution in [1.82, 2.24) is 0 Å². The Morgan fingerprint density at radius 1 is 0.537 bits per heavy atom. The third-order valence-electron chi connectivity index (χ3n) is 11.4. The van der Waals surface area contributed by atoms with Gasteiger partial charge in [0.05, 0.1) is 0 Å². The summed E-state index contributed by atoms with van der Waals surface area (Å²) in [5.41, 5.74) is 11.3. The minimum absolute atomic E-state index is 0. The van der Waals surface area contributed by atoms with Gasteiger partial charge in [0, 0.05) is 0 Å². The molecule has 0 unspecified atom stereocenters. The quantitative estimate of drug-likeness (QED) is 0.106. The molecule has 2 radical (unpaired) electrons. The molecule has 0 heterocycles. The van der Waals surface area contributed by atoms with Crippen LogP contribution in [0.3, 0.4) is 0 Å². The Bertz CT molecular complexity index is 1810. The number of fused-ring (bicyclic) bond motifs is 2. The topological polar surface area (TPSA) is 0 Å². The molecular weight excluding hydrogens is 791 g/mol. The van der Waals surface area contributed by atoms with Crippen LogP contribution >= 0.6 is 24.8 Å². The standard InChI is InChI=1S/2C24H27.2CH3.2ClH.Si.Zr/c2*1-17(2)20-10-12-21(13-11-20)23-9-5-8-22-15-19(16-24(22)23)14-18-6-3-4-7-18;;;;;;/h2*5,8-13,15-18H,3-4,6-7,14H2,1-2H3;2*1H3;2*1H;;/q4*-1;;;;. The van der Waals surface area contributed by atoms with Crippen molar-refractivity contribution in [2.45, 2.75) is 104 Å². The van der Waals surface area contributed by atoms with Crippen molar-refractivity contribution >= 4 is 53.2 Å². The molecular formula is C50H62Cl2SiZr-4. The second-order valence-corrected chi connectivity index (χ2v) is 15.6. The normalized spacial score (nSPS) is 13.9. The van der Waals surface area contributed by atoms with Crippen molar-refractivity contribution in [3.05, 3.63) is 146 Å². The maximum atomic E-state index is 3.06. The summed E-state index contributed by atoms with van der Waals surface area (Å²) in [4.78, 5) is 0. The van der Waals surface area contributed by atoms with E-state index in [1.807, 2.05) is 0 Å². The molecule has 0 aliphatic heterocycles. The van der Waals surface area contributed by atoms with Crippen molar-refractivity contribution in [2.75, 3.05) is 0 Å². The molecule has 2 aliphatic carbocycles. The molecule has 6 aromatic rings. The molecule has 2 fully saturated rings. The van der Waals surface area contributed by atoms with Gasteiger partial charge in [-0.05, 0) is 58.8 Å². The molecule has 0 bridgehead atoms. The number of hydrogen-bond acceptors (Lipinski definition) is 0. The monoisotopic (exact) mass is 850 g/mol. The maximum absolute atomic E-state index is 3.06. The van der Waals surface area contributed by atoms with Gasteiger partial charge in [-0.25, -0.2) is 0 Å². The fourth-order valence-corrected chi connectivity index (χ4v) is 8.52. The molecule has 0 N–H and O–H groups in total. The van der Waals surface area contributed by atoms with Crippen molar-refractivity contribution in [2.24, 2.45) is 11.8 Å². The molecule has 6 aromatic carbocycles. The van der Waals surface area contributed by atoms with Gasteiger partial charge in [-0.15, -0.1) is 93.9 Å². The second kappa shape index (κ2) is 23.1. The van der Waals surface area contributed by atoms with Crippen LogP contribution in [0.1, 0.15) is 113 Å². The van der Waals surface area contributed by atoms with Crippen molar-refractivity contribution in [3.8, 4) is 22.3 Å². The molecule has 0 saturated heterocycles. The molecule has 0 aromatic heterocycles. The van der Waals surface area contributed by atoms with Gasteiger partial charge in [0.25, 0.3) is 0 Å². The van der Waals surface area contributed by atoms with Crippen molar-refractivity contribution in [3.63, 3.8) is 0 Å². The van der Waals surface area contributed by atoms with Gasteiger partial charge in [0.15, 0.2) is 0 Å². The van der Waals surface area contributed by atoms with Gasteiger partial charge < -0.3 is 14.9 Å². The molecule has 4 heteroatoms. The number of rotatable bonds is 8. The first-order valence-corrected chi connectivity index (χ1v) is 23.4. The zero-order valence-corrected chi connectivity index (χ0v) is 38.7. The van der Waals surface area contributed by atoms with E-state index in [1.165, 1.54) is 154 Å². The van der Waals surface area contributed by atoms with E-state index < -0.39 is 0 Å². The van der Waals surface area contributed by atoms with Crippen LogP contribution in [0.4, 0.5) is 0 Å². The van der Waals surface area contributed by atoms with Gasteiger partial charge in [-0.3, -0.25) is 0 Å². The average Bonchev–Trinajstić information content (AvgIpc) is 3.98. The molecule has 288 valence electrons. The van der Waals surface area contributed by atoms with E-state index in [1.54, 1.807) is 0 Å². The molecule has 0 atom stereocenters. The van der Waals surface area contributed by atoms with Crippen molar-refractivity contribution < 1.29 is 23.3 Å². The molecule has 54 heavy (non-hydrogen) atoms. The second-order valence-electron chi connectivity index (χ2n) is 15.6. The first-order valence-electron chi connectivity index (χ1n) is 19.2. The Labute approximate surface area is 358 Å². The SMILES string of the molecule is CC(C)c1ccc(-c2cccc3[cH-]c(CC4CCCC4)cc23)cc1.CC(C)c1ccc(-c2cccc3[cH-]c(CC4CCCC4)cc23)cc1.Cl.Cl.[CH3-].[CH3-].[Si]=[Zr]. The third kappa shape index (κ3) is 11.9. The Hall–Kier alpha value is -2.22. The van der Waals surface area contributed by atoms with Crippen molar-refractivity contribution in [1.29, 1.82) is 0 Å². The molecule has 2 aliphatic rings. The molecule has 0 nitrogen and oxygen atoms in total. The zero-order chi connectivity index (χ0) is 35.0. The van der Waals surface area contributed by atoms with Crippen LogP contribution in [0, 0.1) is 26.7 Å². The van der Waals surface area contributed by atoms with Gasteiger partial charge in [-0.1, -0.05) is 151 Å². The molecule has 8 rings (SSSR count). The summed E-state index contributed by atoms with van der Waals surface area (Å²) in [5, 5.41) is 5.63. The number of benzene rings is 4. The van der Waals surface area contributed by atoms with E-state index in [0.717, 1.165) is 11.8 Å². The predicted molar refractivity (Wildman–Crippen MR) is 243 cm³/mol. The minimum atomic E-state index is 0. The van der Waals surface area contributed by atoms with E-state index in [9.17, 15) is 0 Å². The summed E-state index contributed by atoms with van der Waals surface area (Å²) in [6.07, 6.45) is 13.9. The van der Waals surface area contributed by atoms with Gasteiger partial charge in [-0.2, -0.15) is 12.1 Å². The Morgan fingerprint density at radius 3 is 1.19 bits per heavy atom.